The van der Waals surface area contributed by atoms with Gasteiger partial charge in [-0.1, -0.05) is 19.9 Å². The van der Waals surface area contributed by atoms with Gasteiger partial charge in [0, 0.05) is 24.3 Å². The molecule has 2 N–H and O–H groups in total. The summed E-state index contributed by atoms with van der Waals surface area (Å²) in [5, 5.41) is 0. The largest absolute Gasteiger partial charge is 0.399 e. The van der Waals surface area contributed by atoms with Gasteiger partial charge in [-0.3, -0.25) is 4.79 Å². The Labute approximate surface area is 96.2 Å². The summed E-state index contributed by atoms with van der Waals surface area (Å²) in [5.74, 6) is 1.28. The summed E-state index contributed by atoms with van der Waals surface area (Å²) in [5.41, 5.74) is 7.02. The first-order chi connectivity index (χ1) is 7.58. The topological polar surface area (TPSA) is 46.3 Å². The summed E-state index contributed by atoms with van der Waals surface area (Å²) in [6.45, 7) is 6.10. The van der Waals surface area contributed by atoms with Crippen molar-refractivity contribution in [1.82, 2.24) is 4.90 Å². The highest BCUT2D eigenvalue weighted by Gasteiger charge is 2.29. The lowest BCUT2D eigenvalue weighted by atomic mass is 10.0. The fraction of sp³-hybridized carbons (Fsp3) is 0.462. The minimum Gasteiger partial charge on any atom is -0.399 e. The lowest BCUT2D eigenvalue weighted by molar-refractivity contribution is 0.0785. The molecule has 0 aliphatic carbocycles. The zero-order valence-electron chi connectivity index (χ0n) is 9.81. The third-order valence-electron chi connectivity index (χ3n) is 3.41. The van der Waals surface area contributed by atoms with Crippen LogP contribution < -0.4 is 5.73 Å². The summed E-state index contributed by atoms with van der Waals surface area (Å²) in [6.07, 6.45) is 0. The molecule has 0 aromatic heterocycles. The highest BCUT2D eigenvalue weighted by molar-refractivity contribution is 5.95. The molecule has 0 spiro atoms. The van der Waals surface area contributed by atoms with Crippen LogP contribution in [0, 0.1) is 11.8 Å². The normalized spacial score (nSPS) is 24.8. The molecule has 1 fully saturated rings. The zero-order chi connectivity index (χ0) is 11.7. The van der Waals surface area contributed by atoms with Crippen LogP contribution in [0.25, 0.3) is 0 Å². The molecular formula is C13H18N2O. The molecule has 86 valence electrons. The SMILES string of the molecule is CC1CN(C(=O)c2cccc(N)c2)CC1C. The Kier molecular flexibility index (Phi) is 2.86. The van der Waals surface area contributed by atoms with Crippen LogP contribution >= 0.6 is 0 Å². The van der Waals surface area contributed by atoms with Gasteiger partial charge in [-0.25, -0.2) is 0 Å². The van der Waals surface area contributed by atoms with Gasteiger partial charge in [0.15, 0.2) is 0 Å². The van der Waals surface area contributed by atoms with Gasteiger partial charge >= 0.3 is 0 Å². The second-order valence-electron chi connectivity index (χ2n) is 4.79. The molecule has 1 amide bonds. The van der Waals surface area contributed by atoms with Crippen molar-refractivity contribution in [1.29, 1.82) is 0 Å². The summed E-state index contributed by atoms with van der Waals surface area (Å²) in [7, 11) is 0. The maximum atomic E-state index is 12.2. The summed E-state index contributed by atoms with van der Waals surface area (Å²) >= 11 is 0. The Bertz CT molecular complexity index is 393. The van der Waals surface area contributed by atoms with Gasteiger partial charge in [-0.05, 0) is 30.0 Å². The van der Waals surface area contributed by atoms with Crippen molar-refractivity contribution in [2.45, 2.75) is 13.8 Å². The summed E-state index contributed by atoms with van der Waals surface area (Å²) in [4.78, 5) is 14.1. The first-order valence-corrected chi connectivity index (χ1v) is 5.72. The molecule has 1 aliphatic heterocycles. The molecule has 3 heteroatoms. The highest BCUT2D eigenvalue weighted by atomic mass is 16.2. The van der Waals surface area contributed by atoms with E-state index in [1.165, 1.54) is 0 Å². The molecule has 2 unspecified atom stereocenters. The molecule has 1 saturated heterocycles. The van der Waals surface area contributed by atoms with Crippen molar-refractivity contribution in [2.24, 2.45) is 11.8 Å². The van der Waals surface area contributed by atoms with Crippen molar-refractivity contribution in [3.8, 4) is 0 Å². The standard InChI is InChI=1S/C13H18N2O/c1-9-7-15(8-10(9)2)13(16)11-4-3-5-12(14)6-11/h3-6,9-10H,7-8,14H2,1-2H3. The molecule has 1 aromatic carbocycles. The van der Waals surface area contributed by atoms with Gasteiger partial charge in [0.25, 0.3) is 5.91 Å². The predicted octanol–water partition coefficient (Wildman–Crippen LogP) is 2.00. The average molecular weight is 218 g/mol. The fourth-order valence-corrected chi connectivity index (χ4v) is 2.15. The van der Waals surface area contributed by atoms with E-state index in [1.807, 2.05) is 17.0 Å². The number of anilines is 1. The molecular weight excluding hydrogens is 200 g/mol. The molecule has 2 atom stereocenters. The van der Waals surface area contributed by atoms with E-state index in [4.69, 9.17) is 5.73 Å². The Morgan fingerprint density at radius 3 is 2.50 bits per heavy atom. The molecule has 1 heterocycles. The van der Waals surface area contributed by atoms with Crippen molar-refractivity contribution in [2.75, 3.05) is 18.8 Å². The smallest absolute Gasteiger partial charge is 0.253 e. The second kappa shape index (κ2) is 4.16. The quantitative estimate of drug-likeness (QED) is 0.733. The molecule has 1 aromatic rings. The first-order valence-electron chi connectivity index (χ1n) is 5.72. The summed E-state index contributed by atoms with van der Waals surface area (Å²) < 4.78 is 0. The maximum Gasteiger partial charge on any atom is 0.253 e. The van der Waals surface area contributed by atoms with Gasteiger partial charge in [0.1, 0.15) is 0 Å². The minimum absolute atomic E-state index is 0.100. The van der Waals surface area contributed by atoms with Crippen LogP contribution in [-0.4, -0.2) is 23.9 Å². The number of carbonyl (C=O) groups is 1. The molecule has 2 rings (SSSR count). The van der Waals surface area contributed by atoms with Gasteiger partial charge in [-0.15, -0.1) is 0 Å². The highest BCUT2D eigenvalue weighted by Crippen LogP contribution is 2.24. The van der Waals surface area contributed by atoms with Crippen LogP contribution in [-0.2, 0) is 0 Å². The van der Waals surface area contributed by atoms with Gasteiger partial charge in [0.2, 0.25) is 0 Å². The number of hydrogen-bond donors (Lipinski definition) is 1. The first kappa shape index (κ1) is 11.0. The van der Waals surface area contributed by atoms with Crippen molar-refractivity contribution < 1.29 is 4.79 Å². The fourth-order valence-electron chi connectivity index (χ4n) is 2.15. The van der Waals surface area contributed by atoms with E-state index in [1.54, 1.807) is 12.1 Å². The van der Waals surface area contributed by atoms with Crippen LogP contribution in [0.2, 0.25) is 0 Å². The third kappa shape index (κ3) is 2.03. The number of nitrogens with zero attached hydrogens (tertiary/aromatic N) is 1. The monoisotopic (exact) mass is 218 g/mol. The lowest BCUT2D eigenvalue weighted by Gasteiger charge is -2.16. The number of benzene rings is 1. The zero-order valence-corrected chi connectivity index (χ0v) is 9.81. The molecule has 0 bridgehead atoms. The van der Waals surface area contributed by atoms with E-state index < -0.39 is 0 Å². The number of rotatable bonds is 1. The molecule has 0 radical (unpaired) electrons. The van der Waals surface area contributed by atoms with E-state index in [2.05, 4.69) is 13.8 Å². The van der Waals surface area contributed by atoms with E-state index in [0.717, 1.165) is 13.1 Å². The van der Waals surface area contributed by atoms with E-state index in [-0.39, 0.29) is 5.91 Å². The van der Waals surface area contributed by atoms with Crippen LogP contribution in [0.5, 0.6) is 0 Å². The van der Waals surface area contributed by atoms with Gasteiger partial charge in [0.05, 0.1) is 0 Å². The van der Waals surface area contributed by atoms with Gasteiger partial charge in [-0.2, -0.15) is 0 Å². The maximum absolute atomic E-state index is 12.2. The number of amides is 1. The Hall–Kier alpha value is -1.51. The number of nitrogen functional groups attached to an aromatic ring is 1. The molecule has 16 heavy (non-hydrogen) atoms. The number of likely N-dealkylation sites (tertiary alicyclic amines) is 1. The third-order valence-corrected chi connectivity index (χ3v) is 3.41. The Balaban J connectivity index is 2.14. The average Bonchev–Trinajstić information content (AvgIpc) is 2.58. The Morgan fingerprint density at radius 1 is 1.31 bits per heavy atom. The van der Waals surface area contributed by atoms with E-state index in [0.29, 0.717) is 23.1 Å². The van der Waals surface area contributed by atoms with Crippen LogP contribution in [0.4, 0.5) is 5.69 Å². The van der Waals surface area contributed by atoms with Crippen LogP contribution in [0.15, 0.2) is 24.3 Å². The van der Waals surface area contributed by atoms with Crippen molar-refractivity contribution >= 4 is 11.6 Å². The minimum atomic E-state index is 0.100. The number of carbonyl (C=O) groups excluding carboxylic acids is 1. The Morgan fingerprint density at radius 2 is 1.94 bits per heavy atom. The van der Waals surface area contributed by atoms with E-state index >= 15 is 0 Å². The molecule has 1 aliphatic rings. The summed E-state index contributed by atoms with van der Waals surface area (Å²) in [6, 6.07) is 7.19. The predicted molar refractivity (Wildman–Crippen MR) is 65.1 cm³/mol. The number of nitrogens with two attached hydrogens (primary N) is 1. The van der Waals surface area contributed by atoms with E-state index in [9.17, 15) is 4.79 Å². The molecule has 3 nitrogen and oxygen atoms in total. The van der Waals surface area contributed by atoms with Crippen molar-refractivity contribution in [3.63, 3.8) is 0 Å². The van der Waals surface area contributed by atoms with Gasteiger partial charge < -0.3 is 10.6 Å². The second-order valence-corrected chi connectivity index (χ2v) is 4.79. The van der Waals surface area contributed by atoms with Crippen LogP contribution in [0.1, 0.15) is 24.2 Å². The lowest BCUT2D eigenvalue weighted by Crippen LogP contribution is -2.28. The molecule has 0 saturated carbocycles. The van der Waals surface area contributed by atoms with Crippen LogP contribution in [0.3, 0.4) is 0 Å². The van der Waals surface area contributed by atoms with Crippen molar-refractivity contribution in [3.05, 3.63) is 29.8 Å². The number of hydrogen-bond acceptors (Lipinski definition) is 2.